The predicted molar refractivity (Wildman–Crippen MR) is 118 cm³/mol. The first-order valence-electron chi connectivity index (χ1n) is 10.4. The molecule has 0 radical (unpaired) electrons. The number of hydrogen-bond acceptors (Lipinski definition) is 5. The molecule has 1 fully saturated rings. The first kappa shape index (κ1) is 18.8. The highest BCUT2D eigenvalue weighted by Crippen LogP contribution is 2.34. The van der Waals surface area contributed by atoms with Crippen LogP contribution in [0.25, 0.3) is 22.3 Å². The molecule has 4 aromatic rings. The van der Waals surface area contributed by atoms with Gasteiger partial charge in [-0.3, -0.25) is 0 Å². The molecule has 30 heavy (non-hydrogen) atoms. The molecule has 3 heterocycles. The smallest absolute Gasteiger partial charge is 0.162 e. The average Bonchev–Trinajstić information content (AvgIpc) is 3.14. The Bertz CT molecular complexity index is 1170. The van der Waals surface area contributed by atoms with E-state index in [0.29, 0.717) is 6.04 Å². The topological polar surface area (TPSA) is 56.1 Å². The molecule has 1 unspecified atom stereocenters. The third kappa shape index (κ3) is 3.55. The van der Waals surface area contributed by atoms with Crippen LogP contribution in [0, 0.1) is 6.92 Å². The van der Waals surface area contributed by atoms with Gasteiger partial charge in [-0.2, -0.15) is 5.10 Å². The average molecular weight is 399 g/mol. The molecule has 0 saturated carbocycles. The molecule has 1 aliphatic rings. The Labute approximate surface area is 176 Å². The predicted octanol–water partition coefficient (Wildman–Crippen LogP) is 4.86. The highest BCUT2D eigenvalue weighted by molar-refractivity contribution is 5.91. The van der Waals surface area contributed by atoms with Crippen LogP contribution in [-0.2, 0) is 0 Å². The van der Waals surface area contributed by atoms with Gasteiger partial charge in [0.1, 0.15) is 23.5 Å². The summed E-state index contributed by atoms with van der Waals surface area (Å²) < 4.78 is 8.10. The Hall–Kier alpha value is -3.25. The van der Waals surface area contributed by atoms with Crippen LogP contribution in [-0.4, -0.2) is 44.8 Å². The zero-order valence-electron chi connectivity index (χ0n) is 17.3. The van der Waals surface area contributed by atoms with Crippen LogP contribution in [0.2, 0.25) is 0 Å². The fourth-order valence-corrected chi connectivity index (χ4v) is 4.26. The van der Waals surface area contributed by atoms with Gasteiger partial charge >= 0.3 is 0 Å². The normalized spacial score (nSPS) is 17.3. The van der Waals surface area contributed by atoms with Crippen LogP contribution in [0.15, 0.2) is 61.1 Å². The van der Waals surface area contributed by atoms with E-state index in [-0.39, 0.29) is 0 Å². The Kier molecular flexibility index (Phi) is 4.93. The summed E-state index contributed by atoms with van der Waals surface area (Å²) in [6, 6.07) is 16.3. The van der Waals surface area contributed by atoms with E-state index in [2.05, 4.69) is 45.7 Å². The fraction of sp³-hybridized carbons (Fsp3) is 0.292. The molecule has 1 atom stereocenters. The van der Waals surface area contributed by atoms with Gasteiger partial charge in [-0.1, -0.05) is 18.2 Å². The van der Waals surface area contributed by atoms with Crippen molar-refractivity contribution in [1.29, 1.82) is 0 Å². The van der Waals surface area contributed by atoms with E-state index in [0.717, 1.165) is 58.9 Å². The summed E-state index contributed by atoms with van der Waals surface area (Å²) in [5.41, 5.74) is 4.03. The maximum Gasteiger partial charge on any atom is 0.162 e. The largest absolute Gasteiger partial charge is 0.457 e. The second-order valence-electron chi connectivity index (χ2n) is 8.00. The van der Waals surface area contributed by atoms with Crippen LogP contribution >= 0.6 is 0 Å². The van der Waals surface area contributed by atoms with Gasteiger partial charge in [0, 0.05) is 18.3 Å². The van der Waals surface area contributed by atoms with Gasteiger partial charge in [-0.25, -0.2) is 14.6 Å². The van der Waals surface area contributed by atoms with E-state index >= 15 is 0 Å². The lowest BCUT2D eigenvalue weighted by Gasteiger charge is -2.29. The van der Waals surface area contributed by atoms with Crippen molar-refractivity contribution < 1.29 is 4.74 Å². The number of hydrogen-bond donors (Lipinski definition) is 0. The second-order valence-corrected chi connectivity index (χ2v) is 8.00. The highest BCUT2D eigenvalue weighted by Gasteiger charge is 2.24. The number of aromatic nitrogens is 4. The van der Waals surface area contributed by atoms with E-state index < -0.39 is 0 Å². The van der Waals surface area contributed by atoms with Crippen molar-refractivity contribution in [3.05, 3.63) is 66.6 Å². The Morgan fingerprint density at radius 1 is 1.07 bits per heavy atom. The molecule has 1 aliphatic heterocycles. The van der Waals surface area contributed by atoms with Crippen molar-refractivity contribution in [2.75, 3.05) is 20.1 Å². The number of aryl methyl sites for hydroxylation is 1. The number of rotatable bonds is 4. The first-order valence-corrected chi connectivity index (χ1v) is 10.4. The number of benzene rings is 2. The lowest BCUT2D eigenvalue weighted by Crippen LogP contribution is -2.34. The summed E-state index contributed by atoms with van der Waals surface area (Å²) >= 11 is 0. The molecule has 5 rings (SSSR count). The minimum Gasteiger partial charge on any atom is -0.457 e. The van der Waals surface area contributed by atoms with E-state index in [1.54, 1.807) is 6.33 Å². The summed E-state index contributed by atoms with van der Waals surface area (Å²) in [5.74, 6) is 1.64. The summed E-state index contributed by atoms with van der Waals surface area (Å²) in [7, 11) is 2.17. The van der Waals surface area contributed by atoms with Crippen molar-refractivity contribution in [3.63, 3.8) is 0 Å². The zero-order valence-corrected chi connectivity index (χ0v) is 17.3. The van der Waals surface area contributed by atoms with Crippen molar-refractivity contribution in [2.24, 2.45) is 0 Å². The highest BCUT2D eigenvalue weighted by atomic mass is 16.5. The molecule has 1 saturated heterocycles. The fourth-order valence-electron chi connectivity index (χ4n) is 4.26. The minimum absolute atomic E-state index is 0.330. The standard InChI is InChI=1S/C24H25N5O/c1-17-13-20(30-19-8-4-3-5-9-19)10-11-21(17)23-22-14-25-16-26-24(22)29(27-23)18-7-6-12-28(2)15-18/h3-5,8-11,13-14,16,18H,6-7,12,15H2,1-2H3. The molecule has 6 nitrogen and oxygen atoms in total. The number of likely N-dealkylation sites (N-methyl/N-ethyl adjacent to an activating group) is 1. The number of fused-ring (bicyclic) bond motifs is 1. The lowest BCUT2D eigenvalue weighted by molar-refractivity contribution is 0.205. The summed E-state index contributed by atoms with van der Waals surface area (Å²) in [6.45, 7) is 4.22. The molecule has 0 bridgehead atoms. The third-order valence-corrected chi connectivity index (χ3v) is 5.75. The van der Waals surface area contributed by atoms with Crippen molar-refractivity contribution in [2.45, 2.75) is 25.8 Å². The summed E-state index contributed by atoms with van der Waals surface area (Å²) in [5, 5.41) is 6.03. The molecule has 6 heteroatoms. The third-order valence-electron chi connectivity index (χ3n) is 5.75. The van der Waals surface area contributed by atoms with Crippen molar-refractivity contribution in [3.8, 4) is 22.8 Å². The molecular weight excluding hydrogens is 374 g/mol. The van der Waals surface area contributed by atoms with Gasteiger partial charge in [0.05, 0.1) is 11.4 Å². The zero-order chi connectivity index (χ0) is 20.5. The van der Waals surface area contributed by atoms with Crippen molar-refractivity contribution >= 4 is 11.0 Å². The number of nitrogens with zero attached hydrogens (tertiary/aromatic N) is 5. The Morgan fingerprint density at radius 2 is 1.93 bits per heavy atom. The van der Waals surface area contributed by atoms with Crippen molar-refractivity contribution in [1.82, 2.24) is 24.6 Å². The Morgan fingerprint density at radius 3 is 2.73 bits per heavy atom. The molecule has 0 spiro atoms. The molecular formula is C24H25N5O. The molecule has 0 amide bonds. The monoisotopic (exact) mass is 399 g/mol. The SMILES string of the molecule is Cc1cc(Oc2ccccc2)ccc1-c1nn(C2CCCN(C)C2)c2ncncc12. The van der Waals surface area contributed by atoms with Crippen LogP contribution in [0.5, 0.6) is 11.5 Å². The number of piperidine rings is 1. The second kappa shape index (κ2) is 7.88. The molecule has 2 aromatic heterocycles. The van der Waals surface area contributed by atoms with Crippen LogP contribution in [0.3, 0.4) is 0 Å². The molecule has 2 aromatic carbocycles. The maximum absolute atomic E-state index is 5.99. The number of para-hydroxylation sites is 1. The lowest BCUT2D eigenvalue weighted by atomic mass is 10.0. The first-order chi connectivity index (χ1) is 14.7. The van der Waals surface area contributed by atoms with Gasteiger partial charge in [0.2, 0.25) is 0 Å². The number of ether oxygens (including phenoxy) is 1. The molecule has 0 aliphatic carbocycles. The van der Waals surface area contributed by atoms with Gasteiger partial charge in [0.15, 0.2) is 5.65 Å². The van der Waals surface area contributed by atoms with E-state index in [1.165, 1.54) is 6.42 Å². The summed E-state index contributed by atoms with van der Waals surface area (Å²) in [6.07, 6.45) is 5.78. The van der Waals surface area contributed by atoms with Gasteiger partial charge < -0.3 is 9.64 Å². The van der Waals surface area contributed by atoms with Gasteiger partial charge in [-0.15, -0.1) is 0 Å². The number of likely N-dealkylation sites (tertiary alicyclic amines) is 1. The van der Waals surface area contributed by atoms with Gasteiger partial charge in [0.25, 0.3) is 0 Å². The minimum atomic E-state index is 0.330. The van der Waals surface area contributed by atoms with E-state index in [1.807, 2.05) is 42.6 Å². The maximum atomic E-state index is 5.99. The molecule has 152 valence electrons. The van der Waals surface area contributed by atoms with Crippen LogP contribution < -0.4 is 4.74 Å². The van der Waals surface area contributed by atoms with E-state index in [9.17, 15) is 0 Å². The van der Waals surface area contributed by atoms with Crippen LogP contribution in [0.4, 0.5) is 0 Å². The quantitative estimate of drug-likeness (QED) is 0.490. The van der Waals surface area contributed by atoms with Gasteiger partial charge in [-0.05, 0) is 69.3 Å². The van der Waals surface area contributed by atoms with Crippen LogP contribution in [0.1, 0.15) is 24.4 Å². The summed E-state index contributed by atoms with van der Waals surface area (Å²) in [4.78, 5) is 11.2. The van der Waals surface area contributed by atoms with E-state index in [4.69, 9.17) is 9.84 Å². The molecule has 0 N–H and O–H groups in total. The Balaban J connectivity index is 1.53.